The standard InChI is InChI=1S/C12H11NO3/c14-7-5-10-8-3-1-2-4-9(8)11(6-7)12(10)13(15)16/h1-4,10-12H,5-6H2/t10-,11-/m0/s1. The fourth-order valence-electron chi connectivity index (χ4n) is 3.16. The molecule has 2 aliphatic rings. The minimum Gasteiger partial charge on any atom is -0.300 e. The van der Waals surface area contributed by atoms with Crippen molar-refractivity contribution in [3.8, 4) is 0 Å². The number of hydrogen-bond donors (Lipinski definition) is 0. The Labute approximate surface area is 92.4 Å². The van der Waals surface area contributed by atoms with Crippen LogP contribution in [0.2, 0.25) is 0 Å². The summed E-state index contributed by atoms with van der Waals surface area (Å²) in [4.78, 5) is 22.4. The summed E-state index contributed by atoms with van der Waals surface area (Å²) in [6.07, 6.45) is 0.665. The second-order valence-corrected chi connectivity index (χ2v) is 4.56. The maximum Gasteiger partial charge on any atom is 0.227 e. The summed E-state index contributed by atoms with van der Waals surface area (Å²) in [5, 5.41) is 11.1. The zero-order valence-corrected chi connectivity index (χ0v) is 8.63. The van der Waals surface area contributed by atoms with Crippen molar-refractivity contribution in [1.29, 1.82) is 0 Å². The molecule has 2 bridgehead atoms. The first-order valence-electron chi connectivity index (χ1n) is 5.42. The SMILES string of the molecule is O=C1C[C@H]2c3ccccc3[C@H](C1)C2[N+](=O)[O-]. The summed E-state index contributed by atoms with van der Waals surface area (Å²) in [5.41, 5.74) is 2.03. The number of carbonyl (C=O) groups is 1. The molecule has 0 heterocycles. The third-order valence-electron chi connectivity index (χ3n) is 3.76. The molecule has 0 radical (unpaired) electrons. The largest absolute Gasteiger partial charge is 0.300 e. The maximum absolute atomic E-state index is 11.5. The predicted molar refractivity (Wildman–Crippen MR) is 56.9 cm³/mol. The van der Waals surface area contributed by atoms with E-state index in [-0.39, 0.29) is 22.5 Å². The molecule has 82 valence electrons. The predicted octanol–water partition coefficient (Wildman–Crippen LogP) is 1.88. The molecule has 3 rings (SSSR count). The van der Waals surface area contributed by atoms with Gasteiger partial charge in [-0.2, -0.15) is 0 Å². The number of hydrogen-bond acceptors (Lipinski definition) is 3. The van der Waals surface area contributed by atoms with Gasteiger partial charge in [0.1, 0.15) is 5.78 Å². The van der Waals surface area contributed by atoms with Crippen LogP contribution in [0.3, 0.4) is 0 Å². The second-order valence-electron chi connectivity index (χ2n) is 4.56. The van der Waals surface area contributed by atoms with Gasteiger partial charge in [0.25, 0.3) is 0 Å². The smallest absolute Gasteiger partial charge is 0.227 e. The highest BCUT2D eigenvalue weighted by atomic mass is 16.6. The average molecular weight is 217 g/mol. The Morgan fingerprint density at radius 1 is 1.12 bits per heavy atom. The summed E-state index contributed by atoms with van der Waals surface area (Å²) in [7, 11) is 0. The fourth-order valence-corrected chi connectivity index (χ4v) is 3.16. The number of nitrogens with zero attached hydrogens (tertiary/aromatic N) is 1. The number of nitro groups is 1. The summed E-state index contributed by atoms with van der Waals surface area (Å²) >= 11 is 0. The van der Waals surface area contributed by atoms with Crippen LogP contribution in [-0.4, -0.2) is 16.7 Å². The summed E-state index contributed by atoms with van der Waals surface area (Å²) < 4.78 is 0. The first-order valence-corrected chi connectivity index (χ1v) is 5.42. The minimum atomic E-state index is -0.588. The molecule has 1 aromatic rings. The lowest BCUT2D eigenvalue weighted by Gasteiger charge is -2.22. The molecule has 1 aromatic carbocycles. The molecule has 2 atom stereocenters. The quantitative estimate of drug-likeness (QED) is 0.533. The van der Waals surface area contributed by atoms with Crippen LogP contribution in [0.15, 0.2) is 24.3 Å². The van der Waals surface area contributed by atoms with E-state index >= 15 is 0 Å². The van der Waals surface area contributed by atoms with E-state index in [1.54, 1.807) is 0 Å². The second kappa shape index (κ2) is 3.14. The highest BCUT2D eigenvalue weighted by Gasteiger charge is 2.52. The van der Waals surface area contributed by atoms with E-state index in [9.17, 15) is 14.9 Å². The van der Waals surface area contributed by atoms with E-state index in [0.29, 0.717) is 12.8 Å². The Morgan fingerprint density at radius 3 is 2.06 bits per heavy atom. The van der Waals surface area contributed by atoms with Crippen molar-refractivity contribution in [2.24, 2.45) is 0 Å². The first-order chi connectivity index (χ1) is 7.68. The van der Waals surface area contributed by atoms with Crippen LogP contribution in [0.4, 0.5) is 0 Å². The Bertz CT molecular complexity index is 448. The Morgan fingerprint density at radius 2 is 1.62 bits per heavy atom. The molecule has 16 heavy (non-hydrogen) atoms. The third-order valence-corrected chi connectivity index (χ3v) is 3.76. The molecule has 0 saturated heterocycles. The number of rotatable bonds is 1. The van der Waals surface area contributed by atoms with Gasteiger partial charge in [-0.05, 0) is 11.1 Å². The zero-order chi connectivity index (χ0) is 11.3. The van der Waals surface area contributed by atoms with E-state index in [0.717, 1.165) is 11.1 Å². The van der Waals surface area contributed by atoms with Gasteiger partial charge in [-0.15, -0.1) is 0 Å². The van der Waals surface area contributed by atoms with Gasteiger partial charge in [0.05, 0.1) is 11.8 Å². The number of carbonyl (C=O) groups excluding carboxylic acids is 1. The van der Waals surface area contributed by atoms with Gasteiger partial charge in [-0.1, -0.05) is 24.3 Å². The Balaban J connectivity index is 2.14. The minimum absolute atomic E-state index is 0.157. The van der Waals surface area contributed by atoms with Crippen LogP contribution in [0.1, 0.15) is 35.8 Å². The summed E-state index contributed by atoms with van der Waals surface area (Å²) in [5.74, 6) is -0.237. The molecule has 0 unspecified atom stereocenters. The van der Waals surface area contributed by atoms with Crippen LogP contribution in [0.25, 0.3) is 0 Å². The maximum atomic E-state index is 11.5. The lowest BCUT2D eigenvalue weighted by Crippen LogP contribution is -2.34. The van der Waals surface area contributed by atoms with Crippen molar-refractivity contribution in [2.75, 3.05) is 0 Å². The van der Waals surface area contributed by atoms with E-state index in [1.165, 1.54) is 0 Å². The fraction of sp³-hybridized carbons (Fsp3) is 0.417. The van der Waals surface area contributed by atoms with Gasteiger partial charge in [0, 0.05) is 17.8 Å². The molecule has 0 aromatic heterocycles. The molecule has 4 heteroatoms. The van der Waals surface area contributed by atoms with Crippen LogP contribution >= 0.6 is 0 Å². The molecule has 4 nitrogen and oxygen atoms in total. The Hall–Kier alpha value is -1.71. The molecule has 1 saturated carbocycles. The van der Waals surface area contributed by atoms with E-state index < -0.39 is 6.04 Å². The number of Topliss-reactive ketones (excluding diaryl/α,β-unsaturated/α-hetero) is 1. The van der Waals surface area contributed by atoms with Crippen molar-refractivity contribution in [3.63, 3.8) is 0 Å². The van der Waals surface area contributed by atoms with Gasteiger partial charge >= 0.3 is 0 Å². The topological polar surface area (TPSA) is 60.2 Å². The summed E-state index contributed by atoms with van der Waals surface area (Å²) in [6.45, 7) is 0. The molecule has 1 fully saturated rings. The average Bonchev–Trinajstić information content (AvgIpc) is 2.47. The van der Waals surface area contributed by atoms with Crippen molar-refractivity contribution in [1.82, 2.24) is 0 Å². The number of ketones is 1. The number of fused-ring (bicyclic) bond motifs is 5. The van der Waals surface area contributed by atoms with Crippen LogP contribution < -0.4 is 0 Å². The van der Waals surface area contributed by atoms with Gasteiger partial charge in [0.15, 0.2) is 0 Å². The van der Waals surface area contributed by atoms with Gasteiger partial charge in [-0.25, -0.2) is 0 Å². The highest BCUT2D eigenvalue weighted by molar-refractivity contribution is 5.83. The lowest BCUT2D eigenvalue weighted by atomic mass is 9.81. The molecule has 0 N–H and O–H groups in total. The molecular weight excluding hydrogens is 206 g/mol. The monoisotopic (exact) mass is 217 g/mol. The first kappa shape index (κ1) is 9.51. The van der Waals surface area contributed by atoms with Gasteiger partial charge in [0.2, 0.25) is 6.04 Å². The Kier molecular flexibility index (Phi) is 1.87. The molecule has 2 aliphatic carbocycles. The van der Waals surface area contributed by atoms with Crippen molar-refractivity contribution < 1.29 is 9.72 Å². The van der Waals surface area contributed by atoms with E-state index in [4.69, 9.17) is 0 Å². The molecular formula is C12H11NO3. The zero-order valence-electron chi connectivity index (χ0n) is 8.63. The van der Waals surface area contributed by atoms with E-state index in [2.05, 4.69) is 0 Å². The van der Waals surface area contributed by atoms with Crippen LogP contribution in [0, 0.1) is 10.1 Å². The van der Waals surface area contributed by atoms with Crippen molar-refractivity contribution in [2.45, 2.75) is 30.7 Å². The van der Waals surface area contributed by atoms with Crippen molar-refractivity contribution >= 4 is 5.78 Å². The van der Waals surface area contributed by atoms with E-state index in [1.807, 2.05) is 24.3 Å². The molecule has 0 amide bonds. The normalized spacial score (nSPS) is 31.2. The van der Waals surface area contributed by atoms with Crippen LogP contribution in [0.5, 0.6) is 0 Å². The molecule has 0 aliphatic heterocycles. The third kappa shape index (κ3) is 1.13. The highest BCUT2D eigenvalue weighted by Crippen LogP contribution is 2.50. The molecule has 0 spiro atoms. The number of benzene rings is 1. The van der Waals surface area contributed by atoms with Gasteiger partial charge < -0.3 is 0 Å². The van der Waals surface area contributed by atoms with Gasteiger partial charge in [-0.3, -0.25) is 14.9 Å². The summed E-state index contributed by atoms with van der Waals surface area (Å²) in [6, 6.07) is 7.04. The lowest BCUT2D eigenvalue weighted by molar-refractivity contribution is -0.530. The van der Waals surface area contributed by atoms with Crippen molar-refractivity contribution in [3.05, 3.63) is 45.5 Å². The van der Waals surface area contributed by atoms with Crippen LogP contribution in [-0.2, 0) is 4.79 Å².